The van der Waals surface area contributed by atoms with Gasteiger partial charge in [0.25, 0.3) is 0 Å². The van der Waals surface area contributed by atoms with Crippen LogP contribution in [0.5, 0.6) is 0 Å². The van der Waals surface area contributed by atoms with Gasteiger partial charge in [0.1, 0.15) is 9.52 Å². The number of unbranched alkanes of at least 4 members (excludes halogenated alkanes) is 17. The summed E-state index contributed by atoms with van der Waals surface area (Å²) in [5.41, 5.74) is 0. The quantitative estimate of drug-likeness (QED) is 0.0689. The molecule has 178 valence electrons. The van der Waals surface area contributed by atoms with Crippen LogP contribution in [0.1, 0.15) is 122 Å². The van der Waals surface area contributed by atoms with Crippen molar-refractivity contribution in [3.63, 3.8) is 0 Å². The summed E-state index contributed by atoms with van der Waals surface area (Å²) in [5.74, 6) is -0.226. The summed E-state index contributed by atoms with van der Waals surface area (Å²) < 4.78 is 29.2. The highest BCUT2D eigenvalue weighted by Gasteiger charge is 2.02. The highest BCUT2D eigenvalue weighted by atomic mass is 28.2. The van der Waals surface area contributed by atoms with Gasteiger partial charge in [-0.15, -0.1) is 0 Å². The molecule has 0 aromatic rings. The summed E-state index contributed by atoms with van der Waals surface area (Å²) in [6.07, 6.45) is 26.2. The molecule has 2 nitrogen and oxygen atoms in total. The fourth-order valence-corrected chi connectivity index (χ4v) is 4.71. The van der Waals surface area contributed by atoms with Gasteiger partial charge >= 0.3 is 5.97 Å². The molecule has 0 saturated carbocycles. The lowest BCUT2D eigenvalue weighted by atomic mass is 10.0. The highest BCUT2D eigenvalue weighted by Crippen LogP contribution is 2.14. The summed E-state index contributed by atoms with van der Waals surface area (Å²) in [5, 5.41) is 0. The van der Waals surface area contributed by atoms with Gasteiger partial charge in [0.15, 0.2) is 0 Å². The number of hydrogen-bond donors (Lipinski definition) is 0. The Morgan fingerprint density at radius 1 is 0.700 bits per heavy atom. The Morgan fingerprint density at radius 3 is 1.43 bits per heavy atom. The molecule has 0 aliphatic heterocycles. The molecular formula is C25H48F2O2Si. The zero-order valence-electron chi connectivity index (χ0n) is 19.7. The molecule has 0 bridgehead atoms. The number of allylic oxidation sites excluding steroid dienone is 1. The molecule has 0 atom stereocenters. The lowest BCUT2D eigenvalue weighted by Gasteiger charge is -2.04. The first-order valence-corrected chi connectivity index (χ1v) is 14.6. The van der Waals surface area contributed by atoms with E-state index >= 15 is 0 Å². The summed E-state index contributed by atoms with van der Waals surface area (Å²) in [6.45, 7) is 2.37. The molecule has 0 saturated heterocycles. The number of hydrogen-bond acceptors (Lipinski definition) is 2. The van der Waals surface area contributed by atoms with Gasteiger partial charge in [0.05, 0.1) is 6.61 Å². The Labute approximate surface area is 187 Å². The molecule has 0 unspecified atom stereocenters. The van der Waals surface area contributed by atoms with Gasteiger partial charge in [-0.1, -0.05) is 121 Å². The molecule has 0 aliphatic rings. The second-order valence-electron chi connectivity index (χ2n) is 8.56. The number of halogens is 2. The maximum Gasteiger partial charge on any atom is 0.330 e. The fraction of sp³-hybridized carbons (Fsp3) is 0.880. The number of alkyl halides is 2. The van der Waals surface area contributed by atoms with Crippen molar-refractivity contribution >= 4 is 15.5 Å². The summed E-state index contributed by atoms with van der Waals surface area (Å²) in [7, 11) is -1.08. The molecule has 0 rings (SSSR count). The van der Waals surface area contributed by atoms with Crippen LogP contribution in [0.2, 0.25) is 6.04 Å². The molecule has 30 heavy (non-hydrogen) atoms. The van der Waals surface area contributed by atoms with Gasteiger partial charge < -0.3 is 4.74 Å². The van der Waals surface area contributed by atoms with E-state index < -0.39 is 15.6 Å². The SMILES string of the molecule is CC=CC(=O)OCCCCCCCCCCCCCCCCCCCC[SiH2]C(F)F. The third-order valence-electron chi connectivity index (χ3n) is 5.61. The first-order valence-electron chi connectivity index (χ1n) is 12.7. The van der Waals surface area contributed by atoms with E-state index in [9.17, 15) is 13.6 Å². The van der Waals surface area contributed by atoms with E-state index in [1.54, 1.807) is 6.08 Å². The molecule has 5 heteroatoms. The maximum absolute atomic E-state index is 12.1. The lowest BCUT2D eigenvalue weighted by molar-refractivity contribution is -0.137. The molecule has 0 N–H and O–H groups in total. The second-order valence-corrected chi connectivity index (χ2v) is 10.5. The third-order valence-corrected chi connectivity index (χ3v) is 6.96. The molecular weight excluding hydrogens is 398 g/mol. The Bertz CT molecular complexity index is 389. The van der Waals surface area contributed by atoms with Crippen LogP contribution in [0.3, 0.4) is 0 Å². The van der Waals surface area contributed by atoms with E-state index in [-0.39, 0.29) is 5.97 Å². The minimum atomic E-state index is -1.98. The predicted octanol–water partition coefficient (Wildman–Crippen LogP) is 7.94. The van der Waals surface area contributed by atoms with Gasteiger partial charge in [0.2, 0.25) is 6.05 Å². The van der Waals surface area contributed by atoms with Crippen LogP contribution in [0.15, 0.2) is 12.2 Å². The van der Waals surface area contributed by atoms with Crippen LogP contribution in [-0.2, 0) is 9.53 Å². The van der Waals surface area contributed by atoms with E-state index in [1.807, 2.05) is 6.92 Å². The smallest absolute Gasteiger partial charge is 0.330 e. The normalized spacial score (nSPS) is 12.0. The fourth-order valence-electron chi connectivity index (χ4n) is 3.76. The van der Waals surface area contributed by atoms with Crippen molar-refractivity contribution < 1.29 is 18.3 Å². The van der Waals surface area contributed by atoms with Crippen LogP contribution in [0.4, 0.5) is 8.78 Å². The first kappa shape index (κ1) is 29.3. The standard InChI is InChI=1S/C25H48F2O2Si/c1-2-21-24(28)29-22-19-17-15-13-11-9-7-5-3-4-6-8-10-12-14-16-18-20-23-30-25(26)27/h2,21,25H,3-20,22-23,30H2,1H3. The van der Waals surface area contributed by atoms with Gasteiger partial charge in [-0.3, -0.25) is 0 Å². The van der Waals surface area contributed by atoms with E-state index in [1.165, 1.54) is 96.0 Å². The van der Waals surface area contributed by atoms with Gasteiger partial charge in [-0.2, -0.15) is 0 Å². The van der Waals surface area contributed by atoms with E-state index in [0.29, 0.717) is 6.61 Å². The Hall–Kier alpha value is -0.713. The molecule has 0 radical (unpaired) electrons. The zero-order chi connectivity index (χ0) is 22.1. The monoisotopic (exact) mass is 446 g/mol. The second kappa shape index (κ2) is 24.6. The topological polar surface area (TPSA) is 26.3 Å². The van der Waals surface area contributed by atoms with Crippen LogP contribution < -0.4 is 0 Å². The molecule has 0 aromatic carbocycles. The Kier molecular flexibility index (Phi) is 24.0. The molecule has 0 aliphatic carbocycles. The molecule has 0 amide bonds. The van der Waals surface area contributed by atoms with E-state index in [2.05, 4.69) is 0 Å². The zero-order valence-corrected chi connectivity index (χ0v) is 21.1. The van der Waals surface area contributed by atoms with Crippen LogP contribution in [-0.4, -0.2) is 28.1 Å². The van der Waals surface area contributed by atoms with Crippen LogP contribution in [0, 0.1) is 0 Å². The van der Waals surface area contributed by atoms with E-state index in [0.717, 1.165) is 31.7 Å². The van der Waals surface area contributed by atoms with Crippen LogP contribution >= 0.6 is 0 Å². The van der Waals surface area contributed by atoms with Crippen molar-refractivity contribution in [1.29, 1.82) is 0 Å². The molecule has 0 fully saturated rings. The van der Waals surface area contributed by atoms with Crippen molar-refractivity contribution in [2.45, 2.75) is 135 Å². The van der Waals surface area contributed by atoms with Crippen molar-refractivity contribution in [2.24, 2.45) is 0 Å². The average molecular weight is 447 g/mol. The van der Waals surface area contributed by atoms with Crippen LogP contribution in [0.25, 0.3) is 0 Å². The Morgan fingerprint density at radius 2 is 1.07 bits per heavy atom. The molecule has 0 heterocycles. The van der Waals surface area contributed by atoms with Crippen molar-refractivity contribution in [3.8, 4) is 0 Å². The van der Waals surface area contributed by atoms with Crippen molar-refractivity contribution in [3.05, 3.63) is 12.2 Å². The summed E-state index contributed by atoms with van der Waals surface area (Å²) in [6, 6.07) is -1.15. The summed E-state index contributed by atoms with van der Waals surface area (Å²) >= 11 is 0. The molecule has 0 aromatic heterocycles. The summed E-state index contributed by atoms with van der Waals surface area (Å²) in [4.78, 5) is 11.1. The average Bonchev–Trinajstić information content (AvgIpc) is 2.71. The third kappa shape index (κ3) is 25.3. The highest BCUT2D eigenvalue weighted by molar-refractivity contribution is 6.36. The van der Waals surface area contributed by atoms with Gasteiger partial charge in [-0.05, 0) is 13.3 Å². The minimum absolute atomic E-state index is 0.226. The number of esters is 1. The predicted molar refractivity (Wildman–Crippen MR) is 128 cm³/mol. The van der Waals surface area contributed by atoms with Crippen molar-refractivity contribution in [1.82, 2.24) is 0 Å². The minimum Gasteiger partial charge on any atom is -0.463 e. The first-order chi connectivity index (χ1) is 14.7. The lowest BCUT2D eigenvalue weighted by Crippen LogP contribution is -2.02. The number of ether oxygens (including phenoxy) is 1. The molecule has 0 spiro atoms. The van der Waals surface area contributed by atoms with Crippen molar-refractivity contribution in [2.75, 3.05) is 6.61 Å². The van der Waals surface area contributed by atoms with E-state index in [4.69, 9.17) is 4.74 Å². The number of carbonyl (C=O) groups excluding carboxylic acids is 1. The van der Waals surface area contributed by atoms with Gasteiger partial charge in [0, 0.05) is 6.08 Å². The number of carbonyl (C=O) groups is 1. The Balaban J connectivity index is 3.06. The maximum atomic E-state index is 12.1. The van der Waals surface area contributed by atoms with Gasteiger partial charge in [-0.25, -0.2) is 13.6 Å². The largest absolute Gasteiger partial charge is 0.463 e. The number of rotatable bonds is 23.